The highest BCUT2D eigenvalue weighted by molar-refractivity contribution is 5.75. The third-order valence-electron chi connectivity index (χ3n) is 4.61. The van der Waals surface area contributed by atoms with Crippen LogP contribution >= 0.6 is 0 Å². The van der Waals surface area contributed by atoms with Crippen molar-refractivity contribution in [1.82, 2.24) is 14.7 Å². The summed E-state index contributed by atoms with van der Waals surface area (Å²) in [6.45, 7) is 1.25. The highest BCUT2D eigenvalue weighted by Crippen LogP contribution is 2.32. The van der Waals surface area contributed by atoms with Gasteiger partial charge in [0.2, 0.25) is 0 Å². The molecule has 1 aromatic heterocycles. The Kier molecular flexibility index (Phi) is 4.43. The molecule has 1 unspecified atom stereocenters. The standard InChI is InChI=1S/C17H20FN3O2/c1-20-15(6-9-19-20)12-7-10-21(11-8-12)16(17(22)23)13-4-2-3-5-14(13)18/h2-6,9,12,16H,7-8,10-11H2,1H3,(H,22,23). The summed E-state index contributed by atoms with van der Waals surface area (Å²) in [6, 6.07) is 7.20. The van der Waals surface area contributed by atoms with Crippen molar-refractivity contribution in [1.29, 1.82) is 0 Å². The fourth-order valence-corrected chi connectivity index (χ4v) is 3.42. The monoisotopic (exact) mass is 317 g/mol. The lowest BCUT2D eigenvalue weighted by molar-refractivity contribution is -0.144. The molecule has 0 amide bonds. The lowest BCUT2D eigenvalue weighted by Crippen LogP contribution is -2.40. The summed E-state index contributed by atoms with van der Waals surface area (Å²) in [6.07, 6.45) is 3.47. The maximum absolute atomic E-state index is 14.0. The number of hydrogen-bond acceptors (Lipinski definition) is 3. The molecule has 2 aromatic rings. The summed E-state index contributed by atoms with van der Waals surface area (Å²) in [7, 11) is 1.92. The Morgan fingerprint density at radius 2 is 2.00 bits per heavy atom. The lowest BCUT2D eigenvalue weighted by atomic mass is 9.91. The van der Waals surface area contributed by atoms with Crippen molar-refractivity contribution >= 4 is 5.97 Å². The van der Waals surface area contributed by atoms with Crippen molar-refractivity contribution in [2.75, 3.05) is 13.1 Å². The summed E-state index contributed by atoms with van der Waals surface area (Å²) in [5.41, 5.74) is 1.40. The average Bonchev–Trinajstić information content (AvgIpc) is 2.96. The van der Waals surface area contributed by atoms with E-state index in [4.69, 9.17) is 0 Å². The van der Waals surface area contributed by atoms with Crippen LogP contribution in [0.15, 0.2) is 36.5 Å². The van der Waals surface area contributed by atoms with E-state index in [9.17, 15) is 14.3 Å². The molecule has 1 aliphatic heterocycles. The molecule has 1 atom stereocenters. The molecule has 122 valence electrons. The normalized spacial score (nSPS) is 18.0. The van der Waals surface area contributed by atoms with Gasteiger partial charge < -0.3 is 5.11 Å². The van der Waals surface area contributed by atoms with Gasteiger partial charge in [0.15, 0.2) is 0 Å². The van der Waals surface area contributed by atoms with Gasteiger partial charge in [0.1, 0.15) is 11.9 Å². The molecule has 0 bridgehead atoms. The van der Waals surface area contributed by atoms with Crippen LogP contribution in [0.3, 0.4) is 0 Å². The minimum Gasteiger partial charge on any atom is -0.480 e. The number of nitrogens with zero attached hydrogens (tertiary/aromatic N) is 3. The van der Waals surface area contributed by atoms with Gasteiger partial charge in [0.05, 0.1) is 0 Å². The number of carboxylic acids is 1. The van der Waals surface area contributed by atoms with Crippen molar-refractivity contribution in [3.05, 3.63) is 53.6 Å². The van der Waals surface area contributed by atoms with Gasteiger partial charge in [0, 0.05) is 30.4 Å². The molecule has 0 saturated carbocycles. The van der Waals surface area contributed by atoms with Gasteiger partial charge in [-0.25, -0.2) is 4.39 Å². The van der Waals surface area contributed by atoms with Crippen LogP contribution in [0.2, 0.25) is 0 Å². The molecule has 1 saturated heterocycles. The van der Waals surface area contributed by atoms with Gasteiger partial charge in [0.25, 0.3) is 0 Å². The van der Waals surface area contributed by atoms with Gasteiger partial charge in [-0.05, 0) is 38.1 Å². The molecule has 5 nitrogen and oxygen atoms in total. The van der Waals surface area contributed by atoms with E-state index in [2.05, 4.69) is 5.10 Å². The summed E-state index contributed by atoms with van der Waals surface area (Å²) >= 11 is 0. The molecule has 1 aromatic carbocycles. The Morgan fingerprint density at radius 3 is 2.57 bits per heavy atom. The second kappa shape index (κ2) is 6.50. The molecule has 0 aliphatic carbocycles. The molecule has 2 heterocycles. The minimum atomic E-state index is -1.01. The van der Waals surface area contributed by atoms with E-state index in [1.165, 1.54) is 11.8 Å². The van der Waals surface area contributed by atoms with Crippen molar-refractivity contribution in [2.45, 2.75) is 24.8 Å². The van der Waals surface area contributed by atoms with Crippen LogP contribution in [0.5, 0.6) is 0 Å². The number of benzene rings is 1. The van der Waals surface area contributed by atoms with Crippen molar-refractivity contribution in [3.8, 4) is 0 Å². The zero-order valence-electron chi connectivity index (χ0n) is 13.0. The fourth-order valence-electron chi connectivity index (χ4n) is 3.42. The van der Waals surface area contributed by atoms with Crippen LogP contribution in [0, 0.1) is 5.82 Å². The predicted molar refractivity (Wildman–Crippen MR) is 83.5 cm³/mol. The molecule has 23 heavy (non-hydrogen) atoms. The highest BCUT2D eigenvalue weighted by atomic mass is 19.1. The first kappa shape index (κ1) is 15.7. The highest BCUT2D eigenvalue weighted by Gasteiger charge is 2.33. The molecule has 1 aliphatic rings. The first-order valence-corrected chi connectivity index (χ1v) is 7.77. The average molecular weight is 317 g/mol. The number of carboxylic acid groups (broad SMARTS) is 1. The summed E-state index contributed by atoms with van der Waals surface area (Å²) in [4.78, 5) is 13.5. The quantitative estimate of drug-likeness (QED) is 0.941. The van der Waals surface area contributed by atoms with Crippen LogP contribution < -0.4 is 0 Å². The number of rotatable bonds is 4. The van der Waals surface area contributed by atoms with E-state index in [1.54, 1.807) is 24.4 Å². The van der Waals surface area contributed by atoms with Crippen LogP contribution in [-0.2, 0) is 11.8 Å². The molecule has 1 fully saturated rings. The number of likely N-dealkylation sites (tertiary alicyclic amines) is 1. The Bertz CT molecular complexity index is 693. The largest absolute Gasteiger partial charge is 0.480 e. The van der Waals surface area contributed by atoms with Gasteiger partial charge in [-0.3, -0.25) is 14.4 Å². The third kappa shape index (κ3) is 3.12. The Morgan fingerprint density at radius 1 is 1.30 bits per heavy atom. The molecular formula is C17H20FN3O2. The fraction of sp³-hybridized carbons (Fsp3) is 0.412. The number of carbonyl (C=O) groups is 1. The maximum Gasteiger partial charge on any atom is 0.325 e. The second-order valence-corrected chi connectivity index (χ2v) is 5.95. The van der Waals surface area contributed by atoms with Gasteiger partial charge in [-0.2, -0.15) is 5.10 Å². The first-order valence-electron chi connectivity index (χ1n) is 7.77. The van der Waals surface area contributed by atoms with Crippen molar-refractivity contribution in [3.63, 3.8) is 0 Å². The topological polar surface area (TPSA) is 58.4 Å². The van der Waals surface area contributed by atoms with Crippen LogP contribution in [0.4, 0.5) is 4.39 Å². The van der Waals surface area contributed by atoms with Crippen LogP contribution in [-0.4, -0.2) is 38.8 Å². The summed E-state index contributed by atoms with van der Waals surface area (Å²) < 4.78 is 15.9. The number of aliphatic carboxylic acids is 1. The van der Waals surface area contributed by atoms with Gasteiger partial charge in [-0.1, -0.05) is 18.2 Å². The van der Waals surface area contributed by atoms with E-state index in [0.717, 1.165) is 12.8 Å². The van der Waals surface area contributed by atoms with Crippen molar-refractivity contribution in [2.24, 2.45) is 7.05 Å². The Hall–Kier alpha value is -2.21. The Labute approximate surface area is 134 Å². The number of halogens is 1. The first-order chi connectivity index (χ1) is 11.1. The minimum absolute atomic E-state index is 0.235. The zero-order chi connectivity index (χ0) is 16.4. The van der Waals surface area contributed by atoms with E-state index in [-0.39, 0.29) is 5.56 Å². The van der Waals surface area contributed by atoms with E-state index >= 15 is 0 Å². The lowest BCUT2D eigenvalue weighted by Gasteiger charge is -2.35. The molecule has 0 radical (unpaired) electrons. The summed E-state index contributed by atoms with van der Waals surface area (Å²) in [5, 5.41) is 13.8. The SMILES string of the molecule is Cn1nccc1C1CCN(C(C(=O)O)c2ccccc2F)CC1. The molecule has 0 spiro atoms. The Balaban J connectivity index is 1.76. The number of aromatic nitrogens is 2. The molecule has 6 heteroatoms. The van der Waals surface area contributed by atoms with Gasteiger partial charge >= 0.3 is 5.97 Å². The number of hydrogen-bond donors (Lipinski definition) is 1. The third-order valence-corrected chi connectivity index (χ3v) is 4.61. The summed E-state index contributed by atoms with van der Waals surface area (Å²) in [5.74, 6) is -1.10. The van der Waals surface area contributed by atoms with Crippen LogP contribution in [0.25, 0.3) is 0 Å². The molecule has 3 rings (SSSR count). The zero-order valence-corrected chi connectivity index (χ0v) is 13.0. The van der Waals surface area contributed by atoms with E-state index < -0.39 is 17.8 Å². The number of piperidine rings is 1. The smallest absolute Gasteiger partial charge is 0.325 e. The maximum atomic E-state index is 14.0. The van der Waals surface area contributed by atoms with Crippen molar-refractivity contribution < 1.29 is 14.3 Å². The van der Waals surface area contributed by atoms with Crippen LogP contribution in [0.1, 0.15) is 36.1 Å². The number of aryl methyl sites for hydroxylation is 1. The van der Waals surface area contributed by atoms with E-state index in [1.807, 2.05) is 22.7 Å². The second-order valence-electron chi connectivity index (χ2n) is 5.95. The molecular weight excluding hydrogens is 297 g/mol. The van der Waals surface area contributed by atoms with E-state index in [0.29, 0.717) is 19.0 Å². The molecule has 1 N–H and O–H groups in total. The van der Waals surface area contributed by atoms with Gasteiger partial charge in [-0.15, -0.1) is 0 Å². The predicted octanol–water partition coefficient (Wildman–Crippen LogP) is 2.56.